The zero-order chi connectivity index (χ0) is 8.97. The molecule has 1 aromatic rings. The Hall–Kier alpha value is -0.0681. The van der Waals surface area contributed by atoms with E-state index in [1.165, 1.54) is 0 Å². The van der Waals surface area contributed by atoms with Crippen LogP contribution in [-0.4, -0.2) is 6.61 Å². The molecule has 0 heterocycles. The number of hydrogen-bond acceptors (Lipinski definition) is 1. The number of halogens is 2. The molecule has 0 N–H and O–H groups in total. The largest absolute Gasteiger partial charge is 2.00 e. The van der Waals surface area contributed by atoms with Gasteiger partial charge in [0.25, 0.3) is 0 Å². The summed E-state index contributed by atoms with van der Waals surface area (Å²) in [6.07, 6.45) is -1.73. The molecule has 0 unspecified atom stereocenters. The van der Waals surface area contributed by atoms with Gasteiger partial charge in [0, 0.05) is 18.8 Å². The first kappa shape index (κ1) is 12.9. The quantitative estimate of drug-likeness (QED) is 0.699. The van der Waals surface area contributed by atoms with Crippen molar-refractivity contribution in [2.24, 2.45) is 0 Å². The van der Waals surface area contributed by atoms with Gasteiger partial charge >= 0.3 is 31.1 Å². The molecule has 0 aliphatic heterocycles. The number of para-hydroxylation sites is 1. The fourth-order valence-corrected chi connectivity index (χ4v) is 0.788. The Kier molecular flexibility index (Phi) is 6.36. The fourth-order valence-electron chi connectivity index (χ4n) is 0.788. The minimum Gasteiger partial charge on any atom is -0.546 e. The summed E-state index contributed by atoms with van der Waals surface area (Å²) >= 11 is 0. The van der Waals surface area contributed by atoms with Crippen molar-refractivity contribution in [3.8, 4) is 5.75 Å². The van der Waals surface area contributed by atoms with Crippen molar-refractivity contribution in [3.63, 3.8) is 0 Å². The molecule has 1 nitrogen and oxygen atoms in total. The van der Waals surface area contributed by atoms with Crippen molar-refractivity contribution >= 4 is 0 Å². The standard InChI is InChI=1S/C9H8F2O.U/c1-7-4-2-3-5-8(7)12-6-9(10)11;/h2-4H,6H2,1H3;/q-2;+2. The average Bonchev–Trinajstić information content (AvgIpc) is 2.03. The SMILES string of the molecule is Cc1ccc[c-]c1OC[C-](F)F.[U+2]. The number of rotatable bonds is 3. The van der Waals surface area contributed by atoms with E-state index in [1.807, 2.05) is 0 Å². The van der Waals surface area contributed by atoms with Crippen molar-refractivity contribution in [3.05, 3.63) is 36.3 Å². The van der Waals surface area contributed by atoms with Crippen molar-refractivity contribution in [2.45, 2.75) is 6.92 Å². The first-order chi connectivity index (χ1) is 5.70. The molecular weight excluding hydrogens is 400 g/mol. The normalized spacial score (nSPS) is 9.54. The summed E-state index contributed by atoms with van der Waals surface area (Å²) in [5, 5.41) is 0. The molecule has 0 aromatic heterocycles. The summed E-state index contributed by atoms with van der Waals surface area (Å²) in [4.78, 5) is 0. The molecule has 1 rings (SSSR count). The predicted octanol–water partition coefficient (Wildman–Crippen LogP) is 2.60. The van der Waals surface area contributed by atoms with Gasteiger partial charge in [-0.3, -0.25) is 0 Å². The Morgan fingerprint density at radius 2 is 2.23 bits per heavy atom. The van der Waals surface area contributed by atoms with Crippen LogP contribution in [0.3, 0.4) is 0 Å². The van der Waals surface area contributed by atoms with Crippen LogP contribution in [0.25, 0.3) is 0 Å². The van der Waals surface area contributed by atoms with Gasteiger partial charge in [-0.2, -0.15) is 18.2 Å². The molecule has 0 atom stereocenters. The van der Waals surface area contributed by atoms with Crippen molar-refractivity contribution in [1.82, 2.24) is 0 Å². The number of ether oxygens (including phenoxy) is 1. The molecule has 0 saturated heterocycles. The molecule has 0 aliphatic rings. The summed E-state index contributed by atoms with van der Waals surface area (Å²) in [6.45, 7) is 1.13. The second kappa shape index (κ2) is 6.40. The summed E-state index contributed by atoms with van der Waals surface area (Å²) in [6, 6.07) is 7.90. The van der Waals surface area contributed by atoms with Crippen molar-refractivity contribution in [1.29, 1.82) is 0 Å². The number of hydrogen-bond donors (Lipinski definition) is 0. The van der Waals surface area contributed by atoms with Gasteiger partial charge in [-0.05, 0) is 0 Å². The smallest absolute Gasteiger partial charge is 0.546 e. The second-order valence-corrected chi connectivity index (χ2v) is 2.31. The molecular formula is C9H8F2OU. The topological polar surface area (TPSA) is 9.23 Å². The van der Waals surface area contributed by atoms with E-state index in [0.717, 1.165) is 5.56 Å². The van der Waals surface area contributed by atoms with Crippen LogP contribution in [0.5, 0.6) is 5.75 Å². The maximum atomic E-state index is 11.6. The number of benzene rings is 1. The third-order valence-electron chi connectivity index (χ3n) is 1.34. The zero-order valence-corrected chi connectivity index (χ0v) is 11.3. The first-order valence-electron chi connectivity index (χ1n) is 3.47. The van der Waals surface area contributed by atoms with Crippen LogP contribution in [0.1, 0.15) is 5.56 Å². The van der Waals surface area contributed by atoms with Crippen LogP contribution in [0.4, 0.5) is 8.78 Å². The molecule has 68 valence electrons. The fraction of sp³-hybridized carbons (Fsp3) is 0.222. The maximum absolute atomic E-state index is 11.6. The minimum absolute atomic E-state index is 0. The summed E-state index contributed by atoms with van der Waals surface area (Å²) < 4.78 is 28.0. The van der Waals surface area contributed by atoms with Crippen LogP contribution in [0, 0.1) is 50.5 Å². The van der Waals surface area contributed by atoms with E-state index in [1.54, 1.807) is 25.1 Å². The monoisotopic (exact) mass is 408 g/mol. The molecule has 0 saturated carbocycles. The molecule has 0 aliphatic carbocycles. The van der Waals surface area contributed by atoms with Crippen LogP contribution >= 0.6 is 0 Å². The van der Waals surface area contributed by atoms with Gasteiger partial charge in [-0.1, -0.05) is 6.92 Å². The van der Waals surface area contributed by atoms with Gasteiger partial charge in [-0.15, -0.1) is 11.6 Å². The molecule has 0 spiro atoms. The van der Waals surface area contributed by atoms with Crippen LogP contribution in [0.2, 0.25) is 0 Å². The Labute approximate surface area is 99.9 Å². The Balaban J connectivity index is 0.00000144. The molecule has 1 aromatic carbocycles. The van der Waals surface area contributed by atoms with E-state index >= 15 is 0 Å². The number of aryl methyl sites for hydroxylation is 1. The predicted molar refractivity (Wildman–Crippen MR) is 41.0 cm³/mol. The third kappa shape index (κ3) is 4.64. The molecule has 0 bridgehead atoms. The van der Waals surface area contributed by atoms with Gasteiger partial charge in [0.2, 0.25) is 0 Å². The van der Waals surface area contributed by atoms with Gasteiger partial charge in [-0.25, -0.2) is 0 Å². The van der Waals surface area contributed by atoms with Crippen LogP contribution in [-0.2, 0) is 0 Å². The van der Waals surface area contributed by atoms with E-state index in [-0.39, 0.29) is 31.1 Å². The van der Waals surface area contributed by atoms with Gasteiger partial charge in [0.15, 0.2) is 0 Å². The van der Waals surface area contributed by atoms with E-state index < -0.39 is 13.0 Å². The van der Waals surface area contributed by atoms with Gasteiger partial charge in [0.1, 0.15) is 0 Å². The molecule has 0 fully saturated rings. The first-order valence-corrected chi connectivity index (χ1v) is 3.47. The molecule has 0 amide bonds. The van der Waals surface area contributed by atoms with E-state index in [9.17, 15) is 8.78 Å². The van der Waals surface area contributed by atoms with E-state index in [0.29, 0.717) is 5.75 Å². The van der Waals surface area contributed by atoms with Crippen LogP contribution in [0.15, 0.2) is 18.2 Å². The van der Waals surface area contributed by atoms with E-state index in [4.69, 9.17) is 4.74 Å². The summed E-state index contributed by atoms with van der Waals surface area (Å²) in [7, 11) is 0. The minimum atomic E-state index is -1.73. The van der Waals surface area contributed by atoms with Gasteiger partial charge in [0.05, 0.1) is 0 Å². The molecule has 4 heteroatoms. The van der Waals surface area contributed by atoms with Crippen molar-refractivity contribution < 1.29 is 44.6 Å². The zero-order valence-electron chi connectivity index (χ0n) is 7.10. The second-order valence-electron chi connectivity index (χ2n) is 2.31. The summed E-state index contributed by atoms with van der Waals surface area (Å²) in [5.41, 5.74) is 0.804. The Morgan fingerprint density at radius 3 is 2.77 bits per heavy atom. The molecule has 0 radical (unpaired) electrons. The maximum Gasteiger partial charge on any atom is 2.00 e. The Bertz CT molecular complexity index is 253. The summed E-state index contributed by atoms with van der Waals surface area (Å²) in [5.74, 6) is 0.380. The van der Waals surface area contributed by atoms with Crippen LogP contribution < -0.4 is 4.74 Å². The molecule has 13 heavy (non-hydrogen) atoms. The third-order valence-corrected chi connectivity index (χ3v) is 1.34. The van der Waals surface area contributed by atoms with Gasteiger partial charge < -0.3 is 13.5 Å². The van der Waals surface area contributed by atoms with E-state index in [2.05, 4.69) is 6.07 Å². The average molecular weight is 408 g/mol. The van der Waals surface area contributed by atoms with Crippen molar-refractivity contribution in [2.75, 3.05) is 6.61 Å². The Morgan fingerprint density at radius 1 is 1.54 bits per heavy atom.